The molecule has 2 rings (SSSR count). The molecule has 2 nitrogen and oxygen atoms in total. The van der Waals surface area contributed by atoms with E-state index in [1.54, 1.807) is 6.07 Å². The molecule has 0 unspecified atom stereocenters. The number of para-hydroxylation sites is 1. The second kappa shape index (κ2) is 3.15. The third-order valence-corrected chi connectivity index (χ3v) is 2.12. The predicted octanol–water partition coefficient (Wildman–Crippen LogP) is 2.70. The summed E-state index contributed by atoms with van der Waals surface area (Å²) in [4.78, 5) is 14.6. The van der Waals surface area contributed by atoms with E-state index < -0.39 is 0 Å². The summed E-state index contributed by atoms with van der Waals surface area (Å²) >= 11 is 5.94. The Balaban J connectivity index is 2.84. The van der Waals surface area contributed by atoms with Crippen LogP contribution in [0.5, 0.6) is 0 Å². The first kappa shape index (κ1) is 8.20. The smallest absolute Gasteiger partial charge is 0.168 e. The summed E-state index contributed by atoms with van der Waals surface area (Å²) in [6.45, 7) is 0. The molecule has 1 aromatic carbocycles. The Morgan fingerprint density at radius 1 is 1.31 bits per heavy atom. The van der Waals surface area contributed by atoms with Crippen LogP contribution in [0.25, 0.3) is 10.9 Å². The van der Waals surface area contributed by atoms with E-state index in [0.717, 1.165) is 10.9 Å². The molecule has 0 atom stereocenters. The lowest BCUT2D eigenvalue weighted by Gasteiger charge is -1.99. The van der Waals surface area contributed by atoms with Crippen LogP contribution in [0.15, 0.2) is 30.3 Å². The number of carbonyl (C=O) groups excluding carboxylic acids is 1. The summed E-state index contributed by atoms with van der Waals surface area (Å²) < 4.78 is 0. The van der Waals surface area contributed by atoms with Crippen molar-refractivity contribution in [2.75, 3.05) is 0 Å². The van der Waals surface area contributed by atoms with Gasteiger partial charge in [0.1, 0.15) is 5.69 Å². The highest BCUT2D eigenvalue weighted by molar-refractivity contribution is 6.35. The SMILES string of the molecule is O=Cc1cc(Cl)c2ccccc2n1. The van der Waals surface area contributed by atoms with Crippen LogP contribution in [0.3, 0.4) is 0 Å². The highest BCUT2D eigenvalue weighted by Gasteiger charge is 2.01. The van der Waals surface area contributed by atoms with Gasteiger partial charge in [-0.05, 0) is 12.1 Å². The van der Waals surface area contributed by atoms with Crippen LogP contribution in [0.2, 0.25) is 5.02 Å². The van der Waals surface area contributed by atoms with Crippen LogP contribution in [0.4, 0.5) is 0 Å². The topological polar surface area (TPSA) is 30.0 Å². The van der Waals surface area contributed by atoms with Gasteiger partial charge in [-0.3, -0.25) is 4.79 Å². The lowest BCUT2D eigenvalue weighted by atomic mass is 10.2. The third-order valence-electron chi connectivity index (χ3n) is 1.81. The van der Waals surface area contributed by atoms with Crippen molar-refractivity contribution in [2.45, 2.75) is 0 Å². The third kappa shape index (κ3) is 1.40. The van der Waals surface area contributed by atoms with Crippen LogP contribution in [0.1, 0.15) is 10.5 Å². The summed E-state index contributed by atoms with van der Waals surface area (Å²) in [7, 11) is 0. The van der Waals surface area contributed by atoms with E-state index in [2.05, 4.69) is 4.98 Å². The number of fused-ring (bicyclic) bond motifs is 1. The van der Waals surface area contributed by atoms with Crippen molar-refractivity contribution in [2.24, 2.45) is 0 Å². The number of hydrogen-bond donors (Lipinski definition) is 0. The Labute approximate surface area is 80.2 Å². The molecule has 1 heterocycles. The zero-order valence-corrected chi connectivity index (χ0v) is 7.45. The Hall–Kier alpha value is -1.41. The monoisotopic (exact) mass is 191 g/mol. The summed E-state index contributed by atoms with van der Waals surface area (Å²) in [6.07, 6.45) is 0.693. The Morgan fingerprint density at radius 3 is 2.85 bits per heavy atom. The van der Waals surface area contributed by atoms with Gasteiger partial charge < -0.3 is 0 Å². The van der Waals surface area contributed by atoms with E-state index in [1.165, 1.54) is 0 Å². The van der Waals surface area contributed by atoms with Gasteiger partial charge in [0.2, 0.25) is 0 Å². The van der Waals surface area contributed by atoms with E-state index in [0.29, 0.717) is 17.0 Å². The first-order chi connectivity index (χ1) is 6.31. The molecule has 0 aliphatic heterocycles. The Bertz CT molecular complexity index is 467. The van der Waals surface area contributed by atoms with Gasteiger partial charge in [0.05, 0.1) is 10.5 Å². The van der Waals surface area contributed by atoms with Crippen molar-refractivity contribution < 1.29 is 4.79 Å². The van der Waals surface area contributed by atoms with E-state index in [-0.39, 0.29) is 0 Å². The largest absolute Gasteiger partial charge is 0.296 e. The van der Waals surface area contributed by atoms with Crippen molar-refractivity contribution in [3.63, 3.8) is 0 Å². The molecule has 0 amide bonds. The minimum Gasteiger partial charge on any atom is -0.296 e. The number of nitrogens with zero attached hydrogens (tertiary/aromatic N) is 1. The molecule has 0 saturated carbocycles. The van der Waals surface area contributed by atoms with Crippen LogP contribution in [0, 0.1) is 0 Å². The van der Waals surface area contributed by atoms with Gasteiger partial charge >= 0.3 is 0 Å². The molecule has 0 bridgehead atoms. The van der Waals surface area contributed by atoms with Gasteiger partial charge in [0, 0.05) is 5.39 Å². The number of carbonyl (C=O) groups is 1. The fourth-order valence-electron chi connectivity index (χ4n) is 1.21. The molecular weight excluding hydrogens is 186 g/mol. The second-order valence-corrected chi connectivity index (χ2v) is 3.07. The second-order valence-electron chi connectivity index (χ2n) is 2.66. The van der Waals surface area contributed by atoms with Crippen molar-refractivity contribution in [3.05, 3.63) is 41.0 Å². The Morgan fingerprint density at radius 2 is 2.08 bits per heavy atom. The number of halogens is 1. The standard InChI is InChI=1S/C10H6ClNO/c11-9-5-7(6-13)12-10-4-2-1-3-8(9)10/h1-6H. The highest BCUT2D eigenvalue weighted by atomic mass is 35.5. The van der Waals surface area contributed by atoms with Gasteiger partial charge in [-0.15, -0.1) is 0 Å². The molecule has 0 N–H and O–H groups in total. The molecule has 0 saturated heterocycles. The fraction of sp³-hybridized carbons (Fsp3) is 0. The van der Waals surface area contributed by atoms with Crippen molar-refractivity contribution in [3.8, 4) is 0 Å². The lowest BCUT2D eigenvalue weighted by molar-refractivity contribution is 0.111. The maximum absolute atomic E-state index is 10.5. The number of aromatic nitrogens is 1. The minimum atomic E-state index is 0.365. The number of pyridine rings is 1. The van der Waals surface area contributed by atoms with Gasteiger partial charge in [-0.25, -0.2) is 4.98 Å². The zero-order chi connectivity index (χ0) is 9.26. The molecule has 2 aromatic rings. The summed E-state index contributed by atoms with van der Waals surface area (Å²) in [6, 6.07) is 9.01. The summed E-state index contributed by atoms with van der Waals surface area (Å²) in [5, 5.41) is 1.43. The van der Waals surface area contributed by atoms with Crippen molar-refractivity contribution in [1.29, 1.82) is 0 Å². The predicted molar refractivity (Wildman–Crippen MR) is 52.1 cm³/mol. The molecule has 3 heteroatoms. The zero-order valence-electron chi connectivity index (χ0n) is 6.70. The molecule has 13 heavy (non-hydrogen) atoms. The molecule has 0 fully saturated rings. The number of rotatable bonds is 1. The molecule has 64 valence electrons. The number of benzene rings is 1. The molecule has 1 aromatic heterocycles. The average molecular weight is 192 g/mol. The first-order valence-electron chi connectivity index (χ1n) is 3.82. The van der Waals surface area contributed by atoms with Crippen LogP contribution in [-0.4, -0.2) is 11.3 Å². The normalized spacial score (nSPS) is 10.2. The van der Waals surface area contributed by atoms with Gasteiger partial charge in [-0.1, -0.05) is 29.8 Å². The molecule has 0 radical (unpaired) electrons. The number of hydrogen-bond acceptors (Lipinski definition) is 2. The lowest BCUT2D eigenvalue weighted by Crippen LogP contribution is -1.87. The fourth-order valence-corrected chi connectivity index (χ4v) is 1.48. The first-order valence-corrected chi connectivity index (χ1v) is 4.19. The van der Waals surface area contributed by atoms with E-state index in [9.17, 15) is 4.79 Å². The molecule has 0 spiro atoms. The van der Waals surface area contributed by atoms with E-state index >= 15 is 0 Å². The molecule has 0 aliphatic carbocycles. The molecule has 0 aliphatic rings. The van der Waals surface area contributed by atoms with E-state index in [4.69, 9.17) is 11.6 Å². The van der Waals surface area contributed by atoms with Crippen LogP contribution >= 0.6 is 11.6 Å². The maximum atomic E-state index is 10.5. The summed E-state index contributed by atoms with van der Waals surface area (Å²) in [5.41, 5.74) is 1.11. The van der Waals surface area contributed by atoms with E-state index in [1.807, 2.05) is 24.3 Å². The minimum absolute atomic E-state index is 0.365. The Kier molecular flexibility index (Phi) is 1.99. The maximum Gasteiger partial charge on any atom is 0.168 e. The highest BCUT2D eigenvalue weighted by Crippen LogP contribution is 2.21. The van der Waals surface area contributed by atoms with Crippen LogP contribution in [-0.2, 0) is 0 Å². The van der Waals surface area contributed by atoms with Gasteiger partial charge in [0.15, 0.2) is 6.29 Å². The van der Waals surface area contributed by atoms with Gasteiger partial charge in [0.25, 0.3) is 0 Å². The number of aldehydes is 1. The van der Waals surface area contributed by atoms with Crippen LogP contribution < -0.4 is 0 Å². The summed E-state index contributed by atoms with van der Waals surface area (Å²) in [5.74, 6) is 0. The average Bonchev–Trinajstić information content (AvgIpc) is 2.18. The molecular formula is C10H6ClNO. The van der Waals surface area contributed by atoms with Gasteiger partial charge in [-0.2, -0.15) is 0 Å². The van der Waals surface area contributed by atoms with Crippen molar-refractivity contribution in [1.82, 2.24) is 4.98 Å². The van der Waals surface area contributed by atoms with Crippen molar-refractivity contribution >= 4 is 28.8 Å². The quantitative estimate of drug-likeness (QED) is 0.649.